The van der Waals surface area contributed by atoms with E-state index in [9.17, 15) is 9.18 Å². The van der Waals surface area contributed by atoms with Gasteiger partial charge < -0.3 is 10.2 Å². The lowest BCUT2D eigenvalue weighted by molar-refractivity contribution is 0.0879. The second-order valence-electron chi connectivity index (χ2n) is 4.88. The number of urea groups is 1. The first-order valence-corrected chi connectivity index (χ1v) is 5.42. The van der Waals surface area contributed by atoms with Crippen LogP contribution in [0.15, 0.2) is 0 Å². The molecule has 3 nitrogen and oxygen atoms in total. The molecular weight excluding hydrogens is 183 g/mol. The molecule has 78 valence electrons. The lowest BCUT2D eigenvalue weighted by atomic mass is 10.1. The van der Waals surface area contributed by atoms with Crippen LogP contribution in [0.3, 0.4) is 0 Å². The van der Waals surface area contributed by atoms with Crippen molar-refractivity contribution in [2.24, 2.45) is 11.8 Å². The average molecular weight is 198 g/mol. The molecule has 0 radical (unpaired) electrons. The molecular formula is C10H15FN2O. The molecule has 0 spiro atoms. The standard InChI is InChI=1S/C10H15FN2O/c11-8-4-13(5-8)10(14)12-9-2-6-1-7(6)3-9/h6-9H,1-5H2,(H,12,14). The molecule has 0 aromatic carbocycles. The summed E-state index contributed by atoms with van der Waals surface area (Å²) in [5, 5.41) is 2.98. The second-order valence-corrected chi connectivity index (χ2v) is 4.88. The van der Waals surface area contributed by atoms with Crippen LogP contribution in [0.5, 0.6) is 0 Å². The van der Waals surface area contributed by atoms with E-state index >= 15 is 0 Å². The minimum Gasteiger partial charge on any atom is -0.335 e. The smallest absolute Gasteiger partial charge is 0.317 e. The van der Waals surface area contributed by atoms with Crippen LogP contribution in [-0.4, -0.2) is 36.2 Å². The van der Waals surface area contributed by atoms with Crippen LogP contribution in [0, 0.1) is 11.8 Å². The minimum atomic E-state index is -0.794. The molecule has 0 bridgehead atoms. The van der Waals surface area contributed by atoms with Crippen LogP contribution in [0.1, 0.15) is 19.3 Å². The first-order valence-electron chi connectivity index (χ1n) is 5.42. The summed E-state index contributed by atoms with van der Waals surface area (Å²) in [5.41, 5.74) is 0. The summed E-state index contributed by atoms with van der Waals surface area (Å²) in [5.74, 6) is 1.76. The highest BCUT2D eigenvalue weighted by atomic mass is 19.1. The minimum absolute atomic E-state index is 0.0646. The van der Waals surface area contributed by atoms with Crippen molar-refractivity contribution < 1.29 is 9.18 Å². The van der Waals surface area contributed by atoms with E-state index in [0.29, 0.717) is 6.04 Å². The SMILES string of the molecule is O=C(NC1CC2CC2C1)N1CC(F)C1. The maximum absolute atomic E-state index is 12.5. The van der Waals surface area contributed by atoms with Crippen molar-refractivity contribution in [1.82, 2.24) is 10.2 Å². The molecule has 1 N–H and O–H groups in total. The number of amides is 2. The van der Waals surface area contributed by atoms with Gasteiger partial charge in [-0.2, -0.15) is 0 Å². The maximum atomic E-state index is 12.5. The van der Waals surface area contributed by atoms with Gasteiger partial charge in [0.1, 0.15) is 6.17 Å². The number of alkyl halides is 1. The molecule has 2 unspecified atom stereocenters. The number of rotatable bonds is 1. The zero-order chi connectivity index (χ0) is 9.71. The molecule has 3 fully saturated rings. The summed E-state index contributed by atoms with van der Waals surface area (Å²) in [7, 11) is 0. The fourth-order valence-corrected chi connectivity index (χ4v) is 2.69. The van der Waals surface area contributed by atoms with E-state index in [1.807, 2.05) is 0 Å². The molecule has 3 aliphatic rings. The molecule has 1 saturated heterocycles. The lowest BCUT2D eigenvalue weighted by Gasteiger charge is -2.35. The third-order valence-corrected chi connectivity index (χ3v) is 3.70. The summed E-state index contributed by atoms with van der Waals surface area (Å²) in [6.45, 7) is 0.566. The lowest BCUT2D eigenvalue weighted by Crippen LogP contribution is -2.56. The van der Waals surface area contributed by atoms with E-state index < -0.39 is 6.17 Å². The highest BCUT2D eigenvalue weighted by molar-refractivity contribution is 5.75. The molecule has 4 heteroatoms. The number of nitrogens with one attached hydrogen (secondary N) is 1. The number of carbonyl (C=O) groups excluding carboxylic acids is 1. The Balaban J connectivity index is 1.46. The van der Waals surface area contributed by atoms with Crippen LogP contribution in [0.25, 0.3) is 0 Å². The number of hydrogen-bond acceptors (Lipinski definition) is 1. The van der Waals surface area contributed by atoms with Crippen molar-refractivity contribution >= 4 is 6.03 Å². The highest BCUT2D eigenvalue weighted by Crippen LogP contribution is 2.51. The Hall–Kier alpha value is -0.800. The first-order chi connectivity index (χ1) is 6.72. The van der Waals surface area contributed by atoms with Crippen molar-refractivity contribution in [3.63, 3.8) is 0 Å². The van der Waals surface area contributed by atoms with Crippen LogP contribution < -0.4 is 5.32 Å². The molecule has 2 saturated carbocycles. The van der Waals surface area contributed by atoms with Gasteiger partial charge in [-0.1, -0.05) is 0 Å². The Morgan fingerprint density at radius 1 is 1.21 bits per heavy atom. The largest absolute Gasteiger partial charge is 0.335 e. The highest BCUT2D eigenvalue weighted by Gasteiger charge is 2.46. The first kappa shape index (κ1) is 8.50. The van der Waals surface area contributed by atoms with Crippen LogP contribution in [-0.2, 0) is 0 Å². The van der Waals surface area contributed by atoms with Crippen molar-refractivity contribution in [2.75, 3.05) is 13.1 Å². The summed E-state index contributed by atoms with van der Waals surface area (Å²) in [4.78, 5) is 13.0. The Kier molecular flexibility index (Phi) is 1.73. The monoisotopic (exact) mass is 198 g/mol. The van der Waals surface area contributed by atoms with E-state index in [4.69, 9.17) is 0 Å². The molecule has 2 amide bonds. The van der Waals surface area contributed by atoms with Gasteiger partial charge in [-0.05, 0) is 31.1 Å². The number of nitrogens with zero attached hydrogens (tertiary/aromatic N) is 1. The van der Waals surface area contributed by atoms with E-state index in [-0.39, 0.29) is 19.1 Å². The van der Waals surface area contributed by atoms with E-state index in [2.05, 4.69) is 5.32 Å². The van der Waals surface area contributed by atoms with Gasteiger partial charge in [0, 0.05) is 6.04 Å². The summed E-state index contributed by atoms with van der Waals surface area (Å²) >= 11 is 0. The average Bonchev–Trinajstić information content (AvgIpc) is 2.69. The third kappa shape index (κ3) is 1.37. The van der Waals surface area contributed by atoms with Gasteiger partial charge in [-0.15, -0.1) is 0 Å². The number of carbonyl (C=O) groups is 1. The van der Waals surface area contributed by atoms with E-state index in [0.717, 1.165) is 24.7 Å². The van der Waals surface area contributed by atoms with Crippen molar-refractivity contribution in [3.05, 3.63) is 0 Å². The molecule has 0 aromatic rings. The quantitative estimate of drug-likeness (QED) is 0.673. The summed E-state index contributed by atoms with van der Waals surface area (Å²) < 4.78 is 12.5. The number of halogens is 1. The maximum Gasteiger partial charge on any atom is 0.317 e. The topological polar surface area (TPSA) is 32.3 Å². The van der Waals surface area contributed by atoms with E-state index in [1.54, 1.807) is 4.90 Å². The van der Waals surface area contributed by atoms with E-state index in [1.165, 1.54) is 6.42 Å². The van der Waals surface area contributed by atoms with Crippen LogP contribution in [0.4, 0.5) is 9.18 Å². The van der Waals surface area contributed by atoms with Gasteiger partial charge in [0.25, 0.3) is 0 Å². The predicted molar refractivity (Wildman–Crippen MR) is 49.6 cm³/mol. The molecule has 3 rings (SSSR count). The second kappa shape index (κ2) is 2.84. The van der Waals surface area contributed by atoms with Gasteiger partial charge in [0.2, 0.25) is 0 Å². The Morgan fingerprint density at radius 3 is 2.43 bits per heavy atom. The van der Waals surface area contributed by atoms with Gasteiger partial charge in [-0.3, -0.25) is 0 Å². The van der Waals surface area contributed by atoms with Gasteiger partial charge in [0.15, 0.2) is 0 Å². The Bertz CT molecular complexity index is 255. The number of hydrogen-bond donors (Lipinski definition) is 1. The molecule has 1 aliphatic heterocycles. The molecule has 14 heavy (non-hydrogen) atoms. The Morgan fingerprint density at radius 2 is 1.86 bits per heavy atom. The Labute approximate surface area is 82.6 Å². The van der Waals surface area contributed by atoms with Crippen molar-refractivity contribution in [1.29, 1.82) is 0 Å². The van der Waals surface area contributed by atoms with Crippen LogP contribution in [0.2, 0.25) is 0 Å². The number of likely N-dealkylation sites (tertiary alicyclic amines) is 1. The molecule has 0 aromatic heterocycles. The zero-order valence-corrected chi connectivity index (χ0v) is 8.08. The molecule has 2 atom stereocenters. The molecule has 2 aliphatic carbocycles. The summed E-state index contributed by atoms with van der Waals surface area (Å²) in [6.07, 6.45) is 2.85. The van der Waals surface area contributed by atoms with Gasteiger partial charge in [0.05, 0.1) is 13.1 Å². The number of fused-ring (bicyclic) bond motifs is 1. The third-order valence-electron chi connectivity index (χ3n) is 3.70. The van der Waals surface area contributed by atoms with Gasteiger partial charge >= 0.3 is 6.03 Å². The zero-order valence-electron chi connectivity index (χ0n) is 8.08. The summed E-state index contributed by atoms with van der Waals surface area (Å²) in [6, 6.07) is 0.301. The fraction of sp³-hybridized carbons (Fsp3) is 0.900. The molecule has 1 heterocycles. The fourth-order valence-electron chi connectivity index (χ4n) is 2.69. The van der Waals surface area contributed by atoms with Gasteiger partial charge in [-0.25, -0.2) is 9.18 Å². The predicted octanol–water partition coefficient (Wildman–Crippen LogP) is 1.15. The van der Waals surface area contributed by atoms with Crippen molar-refractivity contribution in [3.8, 4) is 0 Å². The van der Waals surface area contributed by atoms with Crippen LogP contribution >= 0.6 is 0 Å². The van der Waals surface area contributed by atoms with Crippen molar-refractivity contribution in [2.45, 2.75) is 31.5 Å². The normalized spacial score (nSPS) is 40.4.